The van der Waals surface area contributed by atoms with Crippen LogP contribution in [0.25, 0.3) is 0 Å². The Balaban J connectivity index is 1.51. The number of aliphatic hydroxyl groups is 4. The van der Waals surface area contributed by atoms with Gasteiger partial charge in [0.1, 0.15) is 6.61 Å². The fraction of sp³-hybridized carbons (Fsp3) is 0.870. The molecule has 0 bridgehead atoms. The molecule has 4 saturated carbocycles. The van der Waals surface area contributed by atoms with Gasteiger partial charge in [0.15, 0.2) is 0 Å². The molecule has 0 aromatic rings. The lowest BCUT2D eigenvalue weighted by Gasteiger charge is -2.67. The van der Waals surface area contributed by atoms with Gasteiger partial charge in [-0.2, -0.15) is 0 Å². The van der Waals surface area contributed by atoms with Gasteiger partial charge in [0.2, 0.25) is 0 Å². The molecule has 0 unspecified atom stereocenters. The summed E-state index contributed by atoms with van der Waals surface area (Å²) in [5.41, 5.74) is -2.03. The first-order chi connectivity index (χ1) is 13.6. The lowest BCUT2D eigenvalue weighted by Crippen LogP contribution is -2.70. The van der Waals surface area contributed by atoms with Gasteiger partial charge in [0.25, 0.3) is 0 Å². The molecule has 5 rings (SSSR count). The van der Waals surface area contributed by atoms with E-state index in [4.69, 9.17) is 4.74 Å². The second-order valence-electron chi connectivity index (χ2n) is 11.0. The highest BCUT2D eigenvalue weighted by Crippen LogP contribution is 2.70. The van der Waals surface area contributed by atoms with Gasteiger partial charge in [0, 0.05) is 23.3 Å². The van der Waals surface area contributed by atoms with Gasteiger partial charge >= 0.3 is 5.97 Å². The van der Waals surface area contributed by atoms with Gasteiger partial charge in [0.05, 0.1) is 23.4 Å². The van der Waals surface area contributed by atoms with Crippen LogP contribution >= 0.6 is 0 Å². The summed E-state index contributed by atoms with van der Waals surface area (Å²) >= 11 is 0. The average Bonchev–Trinajstić information content (AvgIpc) is 3.17. The largest absolute Gasteiger partial charge is 0.458 e. The van der Waals surface area contributed by atoms with Crippen molar-refractivity contribution in [2.75, 3.05) is 6.61 Å². The van der Waals surface area contributed by atoms with Gasteiger partial charge in [-0.05, 0) is 68.3 Å². The minimum Gasteiger partial charge on any atom is -0.458 e. The van der Waals surface area contributed by atoms with E-state index >= 15 is 0 Å². The topological polar surface area (TPSA) is 107 Å². The van der Waals surface area contributed by atoms with Crippen LogP contribution in [0.2, 0.25) is 0 Å². The maximum absolute atomic E-state index is 12.1. The molecule has 0 aromatic carbocycles. The molecule has 0 amide bonds. The van der Waals surface area contributed by atoms with Crippen LogP contribution in [0.15, 0.2) is 11.6 Å². The monoisotopic (exact) mass is 406 g/mol. The van der Waals surface area contributed by atoms with Crippen LogP contribution in [0, 0.1) is 28.6 Å². The minimum atomic E-state index is -1.10. The Morgan fingerprint density at radius 2 is 1.76 bits per heavy atom. The first kappa shape index (κ1) is 20.0. The number of esters is 1. The lowest BCUT2D eigenvalue weighted by atomic mass is 9.41. The second kappa shape index (κ2) is 6.06. The number of carbonyl (C=O) groups excluding carboxylic acids is 1. The summed E-state index contributed by atoms with van der Waals surface area (Å²) in [4.78, 5) is 11.6. The van der Waals surface area contributed by atoms with Gasteiger partial charge in [-0.3, -0.25) is 0 Å². The quantitative estimate of drug-likeness (QED) is 0.494. The highest BCUT2D eigenvalue weighted by atomic mass is 16.5. The molecule has 0 radical (unpaired) electrons. The Morgan fingerprint density at radius 1 is 1.03 bits per heavy atom. The SMILES string of the molecule is C[C@]12[C@H](O)C[C@H](O)C[C@@]1(O)CC[C@@H]1[C@@H]2CC[C@]2(C)[C@H](C3=CC(=O)OC3)CC[C@]12O. The second-order valence-corrected chi connectivity index (χ2v) is 11.0. The molecular weight excluding hydrogens is 372 g/mol. The molecule has 4 N–H and O–H groups in total. The molecule has 29 heavy (non-hydrogen) atoms. The zero-order valence-corrected chi connectivity index (χ0v) is 17.4. The average molecular weight is 407 g/mol. The third-order valence-electron chi connectivity index (χ3n) is 10.2. The van der Waals surface area contributed by atoms with Gasteiger partial charge in [-0.15, -0.1) is 0 Å². The number of rotatable bonds is 1. The molecular formula is C23H34O6. The molecule has 4 aliphatic carbocycles. The van der Waals surface area contributed by atoms with Crippen molar-refractivity contribution >= 4 is 5.97 Å². The van der Waals surface area contributed by atoms with Crippen molar-refractivity contribution in [1.29, 1.82) is 0 Å². The summed E-state index contributed by atoms with van der Waals surface area (Å²) in [6.07, 6.45) is 5.06. The van der Waals surface area contributed by atoms with E-state index in [0.29, 0.717) is 32.3 Å². The molecule has 0 saturated heterocycles. The molecule has 0 aromatic heterocycles. The van der Waals surface area contributed by atoms with Crippen molar-refractivity contribution in [2.24, 2.45) is 28.6 Å². The first-order valence-electron chi connectivity index (χ1n) is 11.2. The van der Waals surface area contributed by atoms with Crippen molar-refractivity contribution in [3.63, 3.8) is 0 Å². The maximum atomic E-state index is 12.1. The van der Waals surface area contributed by atoms with Crippen molar-refractivity contribution < 1.29 is 30.0 Å². The highest BCUT2D eigenvalue weighted by Gasteiger charge is 2.71. The highest BCUT2D eigenvalue weighted by molar-refractivity contribution is 5.85. The Hall–Kier alpha value is -0.950. The van der Waals surface area contributed by atoms with Crippen LogP contribution in [0.3, 0.4) is 0 Å². The third kappa shape index (κ3) is 2.35. The predicted molar refractivity (Wildman–Crippen MR) is 105 cm³/mol. The van der Waals surface area contributed by atoms with Crippen LogP contribution in [0.4, 0.5) is 0 Å². The van der Waals surface area contributed by atoms with Crippen molar-refractivity contribution in [3.05, 3.63) is 11.6 Å². The summed E-state index contributed by atoms with van der Waals surface area (Å²) in [5, 5.41) is 44.8. The van der Waals surface area contributed by atoms with Crippen LogP contribution in [-0.4, -0.2) is 56.4 Å². The van der Waals surface area contributed by atoms with Crippen LogP contribution < -0.4 is 0 Å². The van der Waals surface area contributed by atoms with E-state index in [1.807, 2.05) is 6.92 Å². The first-order valence-corrected chi connectivity index (χ1v) is 11.2. The smallest absolute Gasteiger partial charge is 0.331 e. The van der Waals surface area contributed by atoms with Gasteiger partial charge in [-0.1, -0.05) is 13.8 Å². The fourth-order valence-corrected chi connectivity index (χ4v) is 8.47. The molecule has 162 valence electrons. The number of aliphatic hydroxyl groups excluding tert-OH is 2. The van der Waals surface area contributed by atoms with Crippen molar-refractivity contribution in [3.8, 4) is 0 Å². The number of ether oxygens (including phenoxy) is 1. The maximum Gasteiger partial charge on any atom is 0.331 e. The molecule has 5 aliphatic rings. The summed E-state index contributed by atoms with van der Waals surface area (Å²) in [6.45, 7) is 4.47. The number of cyclic esters (lactones) is 1. The van der Waals surface area contributed by atoms with E-state index in [-0.39, 0.29) is 35.6 Å². The fourth-order valence-electron chi connectivity index (χ4n) is 8.47. The summed E-state index contributed by atoms with van der Waals surface area (Å²) in [6, 6.07) is 0. The predicted octanol–water partition coefficient (Wildman–Crippen LogP) is 1.69. The zero-order valence-electron chi connectivity index (χ0n) is 17.4. The van der Waals surface area contributed by atoms with E-state index in [9.17, 15) is 25.2 Å². The van der Waals surface area contributed by atoms with Crippen LogP contribution in [0.1, 0.15) is 65.2 Å². The molecule has 0 spiro atoms. The van der Waals surface area contributed by atoms with Crippen LogP contribution in [-0.2, 0) is 9.53 Å². The number of hydrogen-bond acceptors (Lipinski definition) is 6. The standard InChI is InChI=1S/C23H34O6/c1-20-6-3-16-17(4-7-22(27)11-14(24)10-18(25)21(16,22)2)23(20,28)8-5-15(20)13-9-19(26)29-12-13/h9,14-18,24-25,27-28H,3-8,10-12H2,1-2H3/t14-,15-,16-,17+,18+,20+,21-,22-,23-/m0/s1. The van der Waals surface area contributed by atoms with Crippen molar-refractivity contribution in [1.82, 2.24) is 0 Å². The normalized spacial score (nSPS) is 56.8. The molecule has 6 heteroatoms. The lowest BCUT2D eigenvalue weighted by molar-refractivity contribution is -0.282. The number of fused-ring (bicyclic) bond motifs is 5. The summed E-state index contributed by atoms with van der Waals surface area (Å²) in [5.74, 6) is -0.144. The van der Waals surface area contributed by atoms with Gasteiger partial charge in [-0.25, -0.2) is 4.79 Å². The van der Waals surface area contributed by atoms with E-state index in [0.717, 1.165) is 24.8 Å². The molecule has 1 heterocycles. The summed E-state index contributed by atoms with van der Waals surface area (Å²) < 4.78 is 5.16. The van der Waals surface area contributed by atoms with Crippen LogP contribution in [0.5, 0.6) is 0 Å². The third-order valence-corrected chi connectivity index (χ3v) is 10.2. The van der Waals surface area contributed by atoms with E-state index < -0.39 is 28.8 Å². The summed E-state index contributed by atoms with van der Waals surface area (Å²) in [7, 11) is 0. The zero-order chi connectivity index (χ0) is 20.8. The Morgan fingerprint density at radius 3 is 2.45 bits per heavy atom. The number of carbonyl (C=O) groups is 1. The van der Waals surface area contributed by atoms with Gasteiger partial charge < -0.3 is 25.2 Å². The Labute approximate surface area is 172 Å². The Kier molecular flexibility index (Phi) is 4.17. The molecule has 9 atom stereocenters. The molecule has 6 nitrogen and oxygen atoms in total. The van der Waals surface area contributed by atoms with Crippen molar-refractivity contribution in [2.45, 2.75) is 88.6 Å². The number of hydrogen-bond donors (Lipinski definition) is 4. The van der Waals surface area contributed by atoms with E-state index in [2.05, 4.69) is 6.92 Å². The van der Waals surface area contributed by atoms with E-state index in [1.165, 1.54) is 0 Å². The Bertz CT molecular complexity index is 764. The minimum absolute atomic E-state index is 0.0000378. The van der Waals surface area contributed by atoms with E-state index in [1.54, 1.807) is 6.08 Å². The molecule has 4 fully saturated rings. The molecule has 1 aliphatic heterocycles.